The van der Waals surface area contributed by atoms with Crippen LogP contribution in [0.3, 0.4) is 0 Å². The Labute approximate surface area is 106 Å². The molecule has 1 rings (SSSR count). The molecule has 1 aromatic carbocycles. The lowest BCUT2D eigenvalue weighted by atomic mass is 10.1. The van der Waals surface area contributed by atoms with E-state index in [9.17, 15) is 0 Å². The Morgan fingerprint density at radius 1 is 1.25 bits per heavy atom. The van der Waals surface area contributed by atoms with Crippen molar-refractivity contribution < 1.29 is 0 Å². The maximum atomic E-state index is 8.67. The van der Waals surface area contributed by atoms with Crippen LogP contribution >= 0.6 is 15.9 Å². The molecule has 0 fully saturated rings. The average Bonchev–Trinajstić information content (AvgIpc) is 2.25. The SMILES string of the molecule is C[Si](C)(C)[C@H](Br)[C@H](N=[N+]=[N-])c1ccccc1. The fourth-order valence-electron chi connectivity index (χ4n) is 1.47. The maximum Gasteiger partial charge on any atom is 0.0725 e. The van der Waals surface area contributed by atoms with Gasteiger partial charge in [0.15, 0.2) is 0 Å². The molecule has 0 aliphatic rings. The number of azide groups is 1. The third kappa shape index (κ3) is 3.37. The summed E-state index contributed by atoms with van der Waals surface area (Å²) in [6.45, 7) is 6.78. The Kier molecular flexibility index (Phi) is 4.59. The standard InChI is InChI=1S/C11H16BrN3Si/c1-16(2,3)11(12)10(14-15-13)9-7-5-4-6-8-9/h4-8,10-11H,1-3H3/t10-,11+/m1/s1. The molecule has 2 atom stereocenters. The Morgan fingerprint density at radius 2 is 1.81 bits per heavy atom. The number of alkyl halides is 1. The van der Waals surface area contributed by atoms with Crippen molar-refractivity contribution in [2.45, 2.75) is 30.1 Å². The molecule has 0 saturated carbocycles. The van der Waals surface area contributed by atoms with Crippen molar-refractivity contribution in [3.8, 4) is 0 Å². The van der Waals surface area contributed by atoms with Crippen LogP contribution in [0.1, 0.15) is 11.6 Å². The van der Waals surface area contributed by atoms with Crippen molar-refractivity contribution in [3.63, 3.8) is 0 Å². The summed E-state index contributed by atoms with van der Waals surface area (Å²) in [5, 5.41) is 3.93. The van der Waals surface area contributed by atoms with Gasteiger partial charge in [-0.1, -0.05) is 71.0 Å². The molecule has 0 heterocycles. The summed E-state index contributed by atoms with van der Waals surface area (Å²) in [7, 11) is -1.39. The lowest BCUT2D eigenvalue weighted by Gasteiger charge is -2.28. The quantitative estimate of drug-likeness (QED) is 0.255. The minimum atomic E-state index is -1.39. The van der Waals surface area contributed by atoms with E-state index in [4.69, 9.17) is 5.53 Å². The summed E-state index contributed by atoms with van der Waals surface area (Å²) in [4.78, 5) is 2.96. The second-order valence-corrected chi connectivity index (χ2v) is 12.0. The zero-order valence-corrected chi connectivity index (χ0v) is 12.3. The summed E-state index contributed by atoms with van der Waals surface area (Å²) in [5.41, 5.74) is 9.74. The Balaban J connectivity index is 3.06. The molecular weight excluding hydrogens is 282 g/mol. The van der Waals surface area contributed by atoms with Crippen LogP contribution < -0.4 is 0 Å². The van der Waals surface area contributed by atoms with Crippen LogP contribution in [-0.4, -0.2) is 12.5 Å². The molecule has 0 radical (unpaired) electrons. The lowest BCUT2D eigenvalue weighted by Crippen LogP contribution is -2.37. The van der Waals surface area contributed by atoms with Gasteiger partial charge in [0.2, 0.25) is 0 Å². The Morgan fingerprint density at radius 3 is 2.25 bits per heavy atom. The first kappa shape index (κ1) is 13.3. The van der Waals surface area contributed by atoms with Crippen LogP contribution in [0.5, 0.6) is 0 Å². The second-order valence-electron chi connectivity index (χ2n) is 4.83. The molecule has 0 amide bonds. The van der Waals surface area contributed by atoms with Gasteiger partial charge in [-0.3, -0.25) is 0 Å². The predicted molar refractivity (Wildman–Crippen MR) is 74.4 cm³/mol. The van der Waals surface area contributed by atoms with Crippen LogP contribution in [0, 0.1) is 0 Å². The molecule has 0 unspecified atom stereocenters. The van der Waals surface area contributed by atoms with E-state index in [1.54, 1.807) is 0 Å². The highest BCUT2D eigenvalue weighted by Crippen LogP contribution is 2.33. The van der Waals surface area contributed by atoms with Gasteiger partial charge in [-0.25, -0.2) is 0 Å². The molecular formula is C11H16BrN3Si. The molecule has 1 aromatic rings. The predicted octanol–water partition coefficient (Wildman–Crippen LogP) is 4.68. The number of halogens is 1. The number of hydrogen-bond donors (Lipinski definition) is 0. The van der Waals surface area contributed by atoms with Gasteiger partial charge in [0, 0.05) is 9.36 Å². The fraction of sp³-hybridized carbons (Fsp3) is 0.455. The van der Waals surface area contributed by atoms with Crippen molar-refractivity contribution >= 4 is 24.0 Å². The van der Waals surface area contributed by atoms with Crippen molar-refractivity contribution in [1.29, 1.82) is 0 Å². The molecule has 0 N–H and O–H groups in total. The van der Waals surface area contributed by atoms with Crippen molar-refractivity contribution in [2.24, 2.45) is 5.11 Å². The van der Waals surface area contributed by atoms with Crippen molar-refractivity contribution in [2.75, 3.05) is 0 Å². The fourth-order valence-corrected chi connectivity index (χ4v) is 3.09. The van der Waals surface area contributed by atoms with Gasteiger partial charge in [0.05, 0.1) is 14.1 Å². The molecule has 86 valence electrons. The van der Waals surface area contributed by atoms with E-state index in [2.05, 4.69) is 45.6 Å². The highest BCUT2D eigenvalue weighted by atomic mass is 79.9. The normalized spacial score (nSPS) is 15.0. The van der Waals surface area contributed by atoms with E-state index >= 15 is 0 Å². The van der Waals surface area contributed by atoms with Crippen LogP contribution in [0.15, 0.2) is 35.4 Å². The summed E-state index contributed by atoms with van der Waals surface area (Å²) >= 11 is 3.70. The molecule has 0 saturated heterocycles. The minimum absolute atomic E-state index is 0.113. The molecule has 0 aliphatic heterocycles. The van der Waals surface area contributed by atoms with Gasteiger partial charge in [-0.05, 0) is 11.1 Å². The van der Waals surface area contributed by atoms with Crippen LogP contribution in [0.4, 0.5) is 0 Å². The van der Waals surface area contributed by atoms with Crippen LogP contribution in [0.25, 0.3) is 10.4 Å². The second kappa shape index (κ2) is 5.52. The Hall–Kier alpha value is -0.773. The van der Waals surface area contributed by atoms with E-state index < -0.39 is 8.07 Å². The smallest absolute Gasteiger partial charge is 0.0725 e. The first-order chi connectivity index (χ1) is 7.46. The molecule has 0 aromatic heterocycles. The first-order valence-corrected chi connectivity index (χ1v) is 9.69. The van der Waals surface area contributed by atoms with Gasteiger partial charge < -0.3 is 0 Å². The third-order valence-corrected chi connectivity index (χ3v) is 9.01. The van der Waals surface area contributed by atoms with E-state index in [0.717, 1.165) is 5.56 Å². The lowest BCUT2D eigenvalue weighted by molar-refractivity contribution is 0.775. The molecule has 0 spiro atoms. The number of rotatable bonds is 4. The summed E-state index contributed by atoms with van der Waals surface area (Å²) in [6.07, 6.45) is 0. The summed E-state index contributed by atoms with van der Waals surface area (Å²) in [5.74, 6) is 0. The van der Waals surface area contributed by atoms with Gasteiger partial charge in [-0.15, -0.1) is 0 Å². The zero-order chi connectivity index (χ0) is 12.2. The highest BCUT2D eigenvalue weighted by Gasteiger charge is 2.31. The van der Waals surface area contributed by atoms with Crippen molar-refractivity contribution in [1.82, 2.24) is 0 Å². The minimum Gasteiger partial charge on any atom is -0.0917 e. The largest absolute Gasteiger partial charge is 0.0917 e. The molecule has 0 bridgehead atoms. The van der Waals surface area contributed by atoms with E-state index in [0.29, 0.717) is 0 Å². The zero-order valence-electron chi connectivity index (χ0n) is 9.76. The van der Waals surface area contributed by atoms with E-state index in [-0.39, 0.29) is 10.5 Å². The number of benzene rings is 1. The Bertz CT molecular complexity index is 382. The van der Waals surface area contributed by atoms with Gasteiger partial charge in [0.1, 0.15) is 0 Å². The molecule has 16 heavy (non-hydrogen) atoms. The maximum absolute atomic E-state index is 8.67. The number of nitrogens with zero attached hydrogens (tertiary/aromatic N) is 3. The van der Waals surface area contributed by atoms with E-state index in [1.807, 2.05) is 30.3 Å². The van der Waals surface area contributed by atoms with Gasteiger partial charge in [-0.2, -0.15) is 0 Å². The summed E-state index contributed by atoms with van der Waals surface area (Å²) in [6, 6.07) is 9.81. The van der Waals surface area contributed by atoms with Crippen LogP contribution in [0.2, 0.25) is 19.6 Å². The average molecular weight is 298 g/mol. The van der Waals surface area contributed by atoms with Gasteiger partial charge in [0.25, 0.3) is 0 Å². The topological polar surface area (TPSA) is 48.8 Å². The highest BCUT2D eigenvalue weighted by molar-refractivity contribution is 9.10. The third-order valence-electron chi connectivity index (χ3n) is 2.42. The molecule has 3 nitrogen and oxygen atoms in total. The van der Waals surface area contributed by atoms with Crippen molar-refractivity contribution in [3.05, 3.63) is 46.3 Å². The molecule has 0 aliphatic carbocycles. The number of hydrogen-bond acceptors (Lipinski definition) is 1. The van der Waals surface area contributed by atoms with E-state index in [1.165, 1.54) is 0 Å². The monoisotopic (exact) mass is 297 g/mol. The van der Waals surface area contributed by atoms with Gasteiger partial charge >= 0.3 is 0 Å². The first-order valence-electron chi connectivity index (χ1n) is 5.20. The molecule has 5 heteroatoms. The summed E-state index contributed by atoms with van der Waals surface area (Å²) < 4.78 is 0.248. The van der Waals surface area contributed by atoms with Crippen LogP contribution in [-0.2, 0) is 0 Å².